The van der Waals surface area contributed by atoms with Gasteiger partial charge in [-0.15, -0.1) is 0 Å². The summed E-state index contributed by atoms with van der Waals surface area (Å²) in [5.41, 5.74) is 1.27. The zero-order valence-electron chi connectivity index (χ0n) is 6.98. The van der Waals surface area contributed by atoms with E-state index in [9.17, 15) is 4.79 Å². The summed E-state index contributed by atoms with van der Waals surface area (Å²) in [6, 6.07) is 7.54. The summed E-state index contributed by atoms with van der Waals surface area (Å²) in [6.45, 7) is 0. The Morgan fingerprint density at radius 3 is 2.92 bits per heavy atom. The molecule has 0 saturated heterocycles. The van der Waals surface area contributed by atoms with Crippen molar-refractivity contribution in [2.75, 3.05) is 7.11 Å². The summed E-state index contributed by atoms with van der Waals surface area (Å²) in [4.78, 5) is 16.9. The van der Waals surface area contributed by atoms with E-state index in [0.717, 1.165) is 10.5 Å². The van der Waals surface area contributed by atoms with Gasteiger partial charge in [0, 0.05) is 10.5 Å². The Bertz CT molecular complexity index is 387. The van der Waals surface area contributed by atoms with Crippen LogP contribution in [0, 0.1) is 0 Å². The molecule has 1 aliphatic heterocycles. The van der Waals surface area contributed by atoms with Gasteiger partial charge in [-0.1, -0.05) is 23.4 Å². The van der Waals surface area contributed by atoms with Crippen LogP contribution < -0.4 is 0 Å². The van der Waals surface area contributed by atoms with E-state index in [1.807, 2.05) is 24.3 Å². The van der Waals surface area contributed by atoms with Crippen molar-refractivity contribution in [2.45, 2.75) is 4.90 Å². The van der Waals surface area contributed by atoms with Crippen molar-refractivity contribution in [1.29, 1.82) is 0 Å². The predicted molar refractivity (Wildman–Crippen MR) is 50.9 cm³/mol. The Morgan fingerprint density at radius 1 is 1.38 bits per heavy atom. The molecule has 0 N–H and O–H groups in total. The molecule has 2 rings (SSSR count). The average molecular weight is 193 g/mol. The number of hydrogen-bond acceptors (Lipinski definition) is 4. The van der Waals surface area contributed by atoms with Gasteiger partial charge in [0.2, 0.25) is 5.12 Å². The first kappa shape index (κ1) is 8.31. The van der Waals surface area contributed by atoms with Crippen molar-refractivity contribution in [3.8, 4) is 0 Å². The predicted octanol–water partition coefficient (Wildman–Crippen LogP) is 1.67. The van der Waals surface area contributed by atoms with Crippen LogP contribution in [-0.4, -0.2) is 17.9 Å². The van der Waals surface area contributed by atoms with E-state index >= 15 is 0 Å². The lowest BCUT2D eigenvalue weighted by atomic mass is 10.1. The summed E-state index contributed by atoms with van der Waals surface area (Å²) >= 11 is 1.19. The van der Waals surface area contributed by atoms with Crippen LogP contribution in [0.3, 0.4) is 0 Å². The lowest BCUT2D eigenvalue weighted by Gasteiger charge is -1.94. The molecule has 1 heterocycles. The molecule has 0 unspecified atom stereocenters. The van der Waals surface area contributed by atoms with Crippen molar-refractivity contribution < 1.29 is 9.63 Å². The third kappa shape index (κ3) is 1.33. The van der Waals surface area contributed by atoms with Crippen LogP contribution in [0.15, 0.2) is 34.3 Å². The van der Waals surface area contributed by atoms with E-state index in [1.54, 1.807) is 0 Å². The highest BCUT2D eigenvalue weighted by atomic mass is 32.2. The van der Waals surface area contributed by atoms with E-state index in [4.69, 9.17) is 0 Å². The Labute approximate surface area is 79.8 Å². The Kier molecular flexibility index (Phi) is 2.06. The molecule has 0 aromatic heterocycles. The number of rotatable bonds is 1. The largest absolute Gasteiger partial charge is 0.399 e. The molecule has 0 atom stereocenters. The smallest absolute Gasteiger partial charge is 0.246 e. The fourth-order valence-corrected chi connectivity index (χ4v) is 2.05. The molecule has 1 aromatic carbocycles. The van der Waals surface area contributed by atoms with E-state index in [-0.39, 0.29) is 5.12 Å². The summed E-state index contributed by atoms with van der Waals surface area (Å²) in [5.74, 6) is 0. The van der Waals surface area contributed by atoms with Crippen LogP contribution >= 0.6 is 11.8 Å². The van der Waals surface area contributed by atoms with Gasteiger partial charge in [0.05, 0.1) is 0 Å². The van der Waals surface area contributed by atoms with Crippen molar-refractivity contribution in [2.24, 2.45) is 5.16 Å². The molecule has 0 saturated carbocycles. The van der Waals surface area contributed by atoms with Gasteiger partial charge in [0.15, 0.2) is 5.71 Å². The maximum atomic E-state index is 11.4. The second-order valence-corrected chi connectivity index (χ2v) is 3.52. The van der Waals surface area contributed by atoms with Crippen LogP contribution in [-0.2, 0) is 9.63 Å². The Hall–Kier alpha value is -1.29. The molecule has 0 fully saturated rings. The molecular formula is C9H7NO2S. The summed E-state index contributed by atoms with van der Waals surface area (Å²) < 4.78 is 0. The monoisotopic (exact) mass is 193 g/mol. The van der Waals surface area contributed by atoms with Gasteiger partial charge in [-0.25, -0.2) is 0 Å². The van der Waals surface area contributed by atoms with Gasteiger partial charge >= 0.3 is 0 Å². The summed E-state index contributed by atoms with van der Waals surface area (Å²) in [6.07, 6.45) is 0. The number of carbonyl (C=O) groups excluding carboxylic acids is 1. The average Bonchev–Trinajstić information content (AvgIpc) is 2.44. The molecule has 0 spiro atoms. The second kappa shape index (κ2) is 3.22. The zero-order chi connectivity index (χ0) is 9.26. The molecule has 0 bridgehead atoms. The van der Waals surface area contributed by atoms with Crippen molar-refractivity contribution in [1.82, 2.24) is 0 Å². The van der Waals surface area contributed by atoms with Crippen LogP contribution in [0.5, 0.6) is 0 Å². The maximum absolute atomic E-state index is 11.4. The molecule has 0 amide bonds. The van der Waals surface area contributed by atoms with Gasteiger partial charge in [0.25, 0.3) is 0 Å². The van der Waals surface area contributed by atoms with E-state index < -0.39 is 0 Å². The molecule has 1 aromatic rings. The van der Waals surface area contributed by atoms with Crippen LogP contribution in [0.25, 0.3) is 0 Å². The first-order chi connectivity index (χ1) is 6.33. The van der Waals surface area contributed by atoms with Crippen LogP contribution in [0.4, 0.5) is 0 Å². The maximum Gasteiger partial charge on any atom is 0.246 e. The number of fused-ring (bicyclic) bond motifs is 1. The number of benzene rings is 1. The van der Waals surface area contributed by atoms with E-state index in [0.29, 0.717) is 5.71 Å². The van der Waals surface area contributed by atoms with Gasteiger partial charge in [-0.3, -0.25) is 4.79 Å². The minimum atomic E-state index is -0.0527. The van der Waals surface area contributed by atoms with Crippen molar-refractivity contribution in [3.05, 3.63) is 29.8 Å². The summed E-state index contributed by atoms with van der Waals surface area (Å²) in [5, 5.41) is 3.64. The molecule has 0 radical (unpaired) electrons. The number of oxime groups is 1. The molecule has 4 heteroatoms. The lowest BCUT2D eigenvalue weighted by Crippen LogP contribution is -2.05. The van der Waals surface area contributed by atoms with Gasteiger partial charge in [0.1, 0.15) is 7.11 Å². The quantitative estimate of drug-likeness (QED) is 0.637. The SMILES string of the molecule is CON=C1C(=O)Sc2ccccc21. The Morgan fingerprint density at radius 2 is 2.15 bits per heavy atom. The standard InChI is InChI=1S/C9H7NO2S/c1-12-10-8-6-4-2-3-5-7(6)13-9(8)11/h2-5H,1H3. The molecule has 66 valence electrons. The Balaban J connectivity index is 2.53. The van der Waals surface area contributed by atoms with Gasteiger partial charge in [-0.2, -0.15) is 0 Å². The molecule has 0 aliphatic carbocycles. The van der Waals surface area contributed by atoms with Crippen LogP contribution in [0.2, 0.25) is 0 Å². The van der Waals surface area contributed by atoms with Crippen LogP contribution in [0.1, 0.15) is 5.56 Å². The highest BCUT2D eigenvalue weighted by molar-refractivity contribution is 8.16. The zero-order valence-corrected chi connectivity index (χ0v) is 7.80. The fourth-order valence-electron chi connectivity index (χ4n) is 1.19. The summed E-state index contributed by atoms with van der Waals surface area (Å²) in [7, 11) is 1.44. The number of carbonyl (C=O) groups is 1. The fraction of sp³-hybridized carbons (Fsp3) is 0.111. The van der Waals surface area contributed by atoms with Gasteiger partial charge < -0.3 is 4.84 Å². The number of nitrogens with zero attached hydrogens (tertiary/aromatic N) is 1. The first-order valence-corrected chi connectivity index (χ1v) is 4.57. The number of thioether (sulfide) groups is 1. The van der Waals surface area contributed by atoms with E-state index in [1.165, 1.54) is 18.9 Å². The third-order valence-electron chi connectivity index (χ3n) is 1.72. The molecule has 3 nitrogen and oxygen atoms in total. The third-order valence-corrected chi connectivity index (χ3v) is 2.68. The molecular weight excluding hydrogens is 186 g/mol. The molecule has 1 aliphatic rings. The number of hydrogen-bond donors (Lipinski definition) is 0. The second-order valence-electron chi connectivity index (χ2n) is 2.51. The lowest BCUT2D eigenvalue weighted by molar-refractivity contribution is -0.105. The minimum absolute atomic E-state index is 0.0527. The highest BCUT2D eigenvalue weighted by Gasteiger charge is 2.27. The van der Waals surface area contributed by atoms with Crippen molar-refractivity contribution >= 4 is 22.6 Å². The van der Waals surface area contributed by atoms with E-state index in [2.05, 4.69) is 9.99 Å². The van der Waals surface area contributed by atoms with Crippen molar-refractivity contribution in [3.63, 3.8) is 0 Å². The minimum Gasteiger partial charge on any atom is -0.399 e. The highest BCUT2D eigenvalue weighted by Crippen LogP contribution is 2.32. The first-order valence-electron chi connectivity index (χ1n) is 3.75. The normalized spacial score (nSPS) is 17.6. The topological polar surface area (TPSA) is 38.7 Å². The molecule has 13 heavy (non-hydrogen) atoms. The van der Waals surface area contributed by atoms with Gasteiger partial charge in [-0.05, 0) is 17.8 Å².